The second-order valence-corrected chi connectivity index (χ2v) is 19.3. The third-order valence-electron chi connectivity index (χ3n) is 14.6. The largest absolute Gasteiger partial charge is 0.488 e. The molecule has 1 aliphatic heterocycles. The lowest BCUT2D eigenvalue weighted by Gasteiger charge is -2.31. The van der Waals surface area contributed by atoms with Crippen LogP contribution in [0.1, 0.15) is 111 Å². The second-order valence-electron chi connectivity index (χ2n) is 19.3. The van der Waals surface area contributed by atoms with Crippen molar-refractivity contribution in [1.29, 1.82) is 15.8 Å². The molecule has 0 bridgehead atoms. The molecule has 5 fully saturated rings. The van der Waals surface area contributed by atoms with Gasteiger partial charge < -0.3 is 34.5 Å². The van der Waals surface area contributed by atoms with E-state index in [0.717, 1.165) is 92.8 Å². The molecule has 2 N–H and O–H groups in total. The van der Waals surface area contributed by atoms with Gasteiger partial charge in [0.25, 0.3) is 5.91 Å². The lowest BCUT2D eigenvalue weighted by molar-refractivity contribution is 0.0755. The lowest BCUT2D eigenvalue weighted by atomic mass is 9.83. The molecule has 0 radical (unpaired) electrons. The van der Waals surface area contributed by atoms with E-state index in [1.54, 1.807) is 61.7 Å². The number of carbonyl (C=O) groups excluding carboxylic acids is 1. The molecule has 7 heterocycles. The number of hydrogen-bond acceptors (Lipinski definition) is 17. The van der Waals surface area contributed by atoms with Crippen LogP contribution in [0.3, 0.4) is 0 Å². The molecule has 2 atom stereocenters. The number of aromatic nitrogens is 8. The van der Waals surface area contributed by atoms with Gasteiger partial charge in [-0.15, -0.1) is 0 Å². The Morgan fingerprint density at radius 1 is 0.838 bits per heavy atom. The van der Waals surface area contributed by atoms with E-state index in [-0.39, 0.29) is 35.7 Å². The highest BCUT2D eigenvalue weighted by Gasteiger charge is 2.56. The highest BCUT2D eigenvalue weighted by atomic mass is 16.5. The first-order valence-corrected chi connectivity index (χ1v) is 25.5. The summed E-state index contributed by atoms with van der Waals surface area (Å²) in [6.45, 7) is 6.39. The Morgan fingerprint density at radius 3 is 2.08 bits per heavy atom. The Kier molecular flexibility index (Phi) is 16.2. The van der Waals surface area contributed by atoms with E-state index in [1.807, 2.05) is 22.8 Å². The SMILES string of the molecule is C=C(C#N)C=NC.CNC(=O)c1ccnc(NC2CCC(Oc3cc(C45CCCCC4C5)cn4ncc(C#N)c34)CC2)n1.N#Cc1cnn2cc(N3CCOCC3)cc(OC3CCC(Oc4ncccn4)CC3)c12. The summed E-state index contributed by atoms with van der Waals surface area (Å²) in [5.41, 5.74) is 5.90. The monoisotopic (exact) mass is 999 g/mol. The quantitative estimate of drug-likeness (QED) is 0.0897. The standard InChI is InChI=1S/C27H31N7O2.C22H24N6O3.C5H6N2/c1-29-25(35)22-9-11-30-26(33-22)32-20-5-7-21(8-6-20)36-23-12-19(27-10-3-2-4-18(27)13-27)16-34-24(23)17(14-28)15-31-34;23-13-16-14-26-28-15-17(27-8-10-29-11-9-27)12-20(21(16)28)30-18-2-4-19(5-3-18)31-22-24-6-1-7-25-22;1-5(3-6)4-7-2/h9,11-12,15-16,18,20-21H,2-8,10,13H2,1H3,(H,29,35)(H,30,32,33);1,6-7,12,14-15,18-19H,2-5,8-11H2;4H,1H2,2H3. The Hall–Kier alpha value is -8.15. The fraction of sp³-hybridized carbons (Fsp3) is 0.463. The summed E-state index contributed by atoms with van der Waals surface area (Å²) in [7, 11) is 3.19. The zero-order valence-electron chi connectivity index (χ0n) is 41.9. The molecule has 4 saturated carbocycles. The highest BCUT2D eigenvalue weighted by molar-refractivity contribution is 5.92. The molecule has 74 heavy (non-hydrogen) atoms. The van der Waals surface area contributed by atoms with Crippen molar-refractivity contribution in [3.63, 3.8) is 0 Å². The number of morpholine rings is 1. The van der Waals surface area contributed by atoms with Crippen LogP contribution in [-0.4, -0.2) is 116 Å². The Labute approximate surface area is 430 Å². The van der Waals surface area contributed by atoms with E-state index >= 15 is 0 Å². The molecular formula is C54H61N15O5. The van der Waals surface area contributed by atoms with Crippen LogP contribution in [0.2, 0.25) is 0 Å². The number of ether oxygens (including phenoxy) is 4. The van der Waals surface area contributed by atoms with Crippen molar-refractivity contribution in [2.45, 2.75) is 113 Å². The predicted molar refractivity (Wildman–Crippen MR) is 275 cm³/mol. The fourth-order valence-corrected chi connectivity index (χ4v) is 10.7. The number of nitrogens with zero attached hydrogens (tertiary/aromatic N) is 13. The van der Waals surface area contributed by atoms with Crippen LogP contribution in [0.25, 0.3) is 11.0 Å². The molecule has 4 aliphatic carbocycles. The van der Waals surface area contributed by atoms with E-state index in [0.29, 0.717) is 53.3 Å². The number of nitriles is 3. The van der Waals surface area contributed by atoms with Crippen molar-refractivity contribution < 1.29 is 23.7 Å². The maximum atomic E-state index is 11.9. The van der Waals surface area contributed by atoms with Crippen molar-refractivity contribution in [1.82, 2.24) is 44.5 Å². The summed E-state index contributed by atoms with van der Waals surface area (Å²) in [5.74, 6) is 2.50. The van der Waals surface area contributed by atoms with Gasteiger partial charge in [-0.3, -0.25) is 9.79 Å². The van der Waals surface area contributed by atoms with Gasteiger partial charge in [-0.25, -0.2) is 29.0 Å². The molecule has 20 heteroatoms. The molecule has 0 aromatic carbocycles. The minimum Gasteiger partial charge on any atom is -0.488 e. The molecule has 0 spiro atoms. The molecule has 2 unspecified atom stereocenters. The number of carbonyl (C=O) groups is 1. The first-order valence-electron chi connectivity index (χ1n) is 25.5. The average molecular weight is 1000 g/mol. The topological polar surface area (TPSA) is 251 Å². The summed E-state index contributed by atoms with van der Waals surface area (Å²) >= 11 is 0. The maximum absolute atomic E-state index is 11.9. The fourth-order valence-electron chi connectivity index (χ4n) is 10.7. The van der Waals surface area contributed by atoms with Gasteiger partial charge in [-0.2, -0.15) is 26.0 Å². The van der Waals surface area contributed by atoms with Crippen LogP contribution < -0.4 is 29.7 Å². The summed E-state index contributed by atoms with van der Waals surface area (Å²) in [5, 5.41) is 42.1. The van der Waals surface area contributed by atoms with E-state index in [9.17, 15) is 15.3 Å². The van der Waals surface area contributed by atoms with Gasteiger partial charge in [0.05, 0.1) is 55.3 Å². The number of rotatable bonds is 12. The maximum Gasteiger partial charge on any atom is 0.316 e. The Balaban J connectivity index is 0.000000163. The molecule has 1 saturated heterocycles. The number of fused-ring (bicyclic) bond motifs is 3. The summed E-state index contributed by atoms with van der Waals surface area (Å²) in [4.78, 5) is 34.6. The van der Waals surface area contributed by atoms with Gasteiger partial charge in [0.15, 0.2) is 0 Å². The number of anilines is 2. The molecule has 1 amide bonds. The van der Waals surface area contributed by atoms with Crippen molar-refractivity contribution in [3.05, 3.63) is 102 Å². The van der Waals surface area contributed by atoms with E-state index in [2.05, 4.69) is 81.6 Å². The molecular weight excluding hydrogens is 939 g/mol. The third-order valence-corrected chi connectivity index (χ3v) is 14.6. The highest BCUT2D eigenvalue weighted by Crippen LogP contribution is 2.62. The second kappa shape index (κ2) is 23.6. The predicted octanol–water partition coefficient (Wildman–Crippen LogP) is 7.36. The Morgan fingerprint density at radius 2 is 1.47 bits per heavy atom. The van der Waals surface area contributed by atoms with Crippen molar-refractivity contribution in [2.24, 2.45) is 10.9 Å². The zero-order chi connectivity index (χ0) is 51.4. The molecule has 5 aliphatic rings. The van der Waals surface area contributed by atoms with E-state index in [4.69, 9.17) is 24.2 Å². The minimum absolute atomic E-state index is 0.0572. The smallest absolute Gasteiger partial charge is 0.316 e. The Bertz CT molecular complexity index is 3080. The average Bonchev–Trinajstić information content (AvgIpc) is 3.82. The van der Waals surface area contributed by atoms with Gasteiger partial charge in [-0.05, 0) is 100 Å². The molecule has 6 aromatic rings. The first-order chi connectivity index (χ1) is 36.2. The van der Waals surface area contributed by atoms with Gasteiger partial charge in [0, 0.05) is 75.7 Å². The summed E-state index contributed by atoms with van der Waals surface area (Å²) < 4.78 is 28.0. The van der Waals surface area contributed by atoms with Crippen LogP contribution in [0, 0.1) is 39.9 Å². The number of hydrogen-bond donors (Lipinski definition) is 2. The third kappa shape index (κ3) is 11.9. The van der Waals surface area contributed by atoms with Gasteiger partial charge in [0.2, 0.25) is 5.95 Å². The lowest BCUT2D eigenvalue weighted by Crippen LogP contribution is -2.36. The number of pyridine rings is 2. The van der Waals surface area contributed by atoms with Gasteiger partial charge in [0.1, 0.15) is 63.7 Å². The van der Waals surface area contributed by atoms with Crippen LogP contribution in [0.5, 0.6) is 17.5 Å². The van der Waals surface area contributed by atoms with Crippen LogP contribution in [0.15, 0.2) is 84.8 Å². The minimum atomic E-state index is -0.229. The molecule has 382 valence electrons. The van der Waals surface area contributed by atoms with Gasteiger partial charge >= 0.3 is 6.01 Å². The number of nitrogens with one attached hydrogen (secondary N) is 2. The van der Waals surface area contributed by atoms with Crippen molar-refractivity contribution in [3.8, 4) is 35.7 Å². The van der Waals surface area contributed by atoms with Crippen LogP contribution >= 0.6 is 0 Å². The zero-order valence-corrected chi connectivity index (χ0v) is 41.9. The number of allylic oxidation sites excluding steroid dienone is 1. The van der Waals surface area contributed by atoms with Crippen LogP contribution in [0.4, 0.5) is 11.6 Å². The van der Waals surface area contributed by atoms with Crippen molar-refractivity contribution in [2.75, 3.05) is 50.6 Å². The normalized spacial score (nSPS) is 23.0. The first kappa shape index (κ1) is 50.8. The van der Waals surface area contributed by atoms with Gasteiger partial charge in [-0.1, -0.05) is 19.4 Å². The molecule has 6 aromatic heterocycles. The summed E-state index contributed by atoms with van der Waals surface area (Å²) in [6, 6.07) is 14.6. The number of amides is 1. The molecule has 20 nitrogen and oxygen atoms in total. The van der Waals surface area contributed by atoms with E-state index in [1.165, 1.54) is 43.9 Å². The van der Waals surface area contributed by atoms with Crippen LogP contribution in [-0.2, 0) is 10.2 Å². The number of aliphatic imine (C=N–C) groups is 1. The van der Waals surface area contributed by atoms with Crippen molar-refractivity contribution >= 4 is 34.8 Å². The summed E-state index contributed by atoms with van der Waals surface area (Å²) in [6.07, 6.45) is 27.4. The molecule has 11 rings (SSSR count). The van der Waals surface area contributed by atoms with E-state index < -0.39 is 0 Å².